The second-order valence-electron chi connectivity index (χ2n) is 4.59. The first-order chi connectivity index (χ1) is 8.45. The lowest BCUT2D eigenvalue weighted by molar-refractivity contribution is -0.0110. The van der Waals surface area contributed by atoms with Gasteiger partial charge in [0.15, 0.2) is 0 Å². The summed E-state index contributed by atoms with van der Waals surface area (Å²) in [4.78, 5) is 0. The van der Waals surface area contributed by atoms with E-state index in [1.165, 1.54) is 0 Å². The van der Waals surface area contributed by atoms with Crippen LogP contribution in [0.15, 0.2) is 24.3 Å². The lowest BCUT2D eigenvalue weighted by Crippen LogP contribution is -2.19. The van der Waals surface area contributed by atoms with Gasteiger partial charge in [0.1, 0.15) is 5.75 Å². The van der Waals surface area contributed by atoms with Crippen LogP contribution in [0.25, 0.3) is 0 Å². The largest absolute Gasteiger partial charge is 0.491 e. The summed E-state index contributed by atoms with van der Waals surface area (Å²) in [7, 11) is 0. The molecule has 0 fully saturated rings. The Morgan fingerprint density at radius 1 is 1.17 bits per heavy atom. The number of halogens is 2. The van der Waals surface area contributed by atoms with E-state index in [4.69, 9.17) is 4.74 Å². The summed E-state index contributed by atoms with van der Waals surface area (Å²) < 4.78 is 30.9. The van der Waals surface area contributed by atoms with Crippen LogP contribution in [-0.4, -0.2) is 17.6 Å². The topological polar surface area (TPSA) is 29.5 Å². The number of ether oxygens (including phenoxy) is 1. The van der Waals surface area contributed by atoms with E-state index in [0.717, 1.165) is 0 Å². The Labute approximate surface area is 107 Å². The number of hydrogen-bond acceptors (Lipinski definition) is 2. The van der Waals surface area contributed by atoms with Crippen LogP contribution < -0.4 is 4.74 Å². The fraction of sp³-hybridized carbons (Fsp3) is 0.571. The monoisotopic (exact) mass is 258 g/mol. The minimum Gasteiger partial charge on any atom is -0.491 e. The van der Waals surface area contributed by atoms with E-state index in [1.54, 1.807) is 31.2 Å². The van der Waals surface area contributed by atoms with Gasteiger partial charge in [-0.15, -0.1) is 0 Å². The van der Waals surface area contributed by atoms with Gasteiger partial charge in [0.2, 0.25) is 6.43 Å². The first-order valence-electron chi connectivity index (χ1n) is 6.18. The second kappa shape index (κ2) is 6.69. The first kappa shape index (κ1) is 14.9. The maximum absolute atomic E-state index is 12.7. The van der Waals surface area contributed by atoms with E-state index in [2.05, 4.69) is 0 Å². The molecule has 0 aliphatic rings. The molecule has 2 atom stereocenters. The van der Waals surface area contributed by atoms with Gasteiger partial charge in [0, 0.05) is 5.92 Å². The molecule has 0 aliphatic carbocycles. The maximum Gasteiger partial charge on any atom is 0.244 e. The molecule has 0 spiro atoms. The Bertz CT molecular complexity index is 349. The van der Waals surface area contributed by atoms with Gasteiger partial charge in [-0.2, -0.15) is 0 Å². The Balaban J connectivity index is 2.77. The molecule has 1 aromatic carbocycles. The minimum absolute atomic E-state index is 0.0604. The van der Waals surface area contributed by atoms with Crippen molar-refractivity contribution in [2.75, 3.05) is 0 Å². The molecule has 0 saturated carbocycles. The lowest BCUT2D eigenvalue weighted by atomic mass is 9.94. The third-order valence-corrected chi connectivity index (χ3v) is 2.79. The highest BCUT2D eigenvalue weighted by molar-refractivity contribution is 5.29. The van der Waals surface area contributed by atoms with Crippen LogP contribution in [0.4, 0.5) is 8.78 Å². The number of aliphatic hydroxyl groups excluding tert-OH is 1. The Kier molecular flexibility index (Phi) is 5.54. The zero-order valence-corrected chi connectivity index (χ0v) is 10.9. The van der Waals surface area contributed by atoms with Gasteiger partial charge in [-0.25, -0.2) is 8.78 Å². The van der Waals surface area contributed by atoms with Crippen LogP contribution in [0.2, 0.25) is 0 Å². The number of hydrogen-bond donors (Lipinski definition) is 1. The van der Waals surface area contributed by atoms with Crippen molar-refractivity contribution in [2.24, 2.45) is 5.92 Å². The van der Waals surface area contributed by atoms with Crippen LogP contribution in [0.3, 0.4) is 0 Å². The number of alkyl halides is 2. The van der Waals surface area contributed by atoms with Gasteiger partial charge < -0.3 is 9.84 Å². The van der Waals surface area contributed by atoms with Gasteiger partial charge in [-0.05, 0) is 38.0 Å². The van der Waals surface area contributed by atoms with E-state index in [9.17, 15) is 13.9 Å². The highest BCUT2D eigenvalue weighted by atomic mass is 19.3. The molecule has 0 radical (unpaired) electrons. The molecule has 2 unspecified atom stereocenters. The summed E-state index contributed by atoms with van der Waals surface area (Å²) in [5, 5.41) is 9.90. The number of rotatable bonds is 6. The highest BCUT2D eigenvalue weighted by Crippen LogP contribution is 2.30. The second-order valence-corrected chi connectivity index (χ2v) is 4.59. The average Bonchev–Trinajstić information content (AvgIpc) is 2.29. The van der Waals surface area contributed by atoms with E-state index >= 15 is 0 Å². The Morgan fingerprint density at radius 3 is 2.11 bits per heavy atom. The van der Waals surface area contributed by atoms with Gasteiger partial charge in [0.25, 0.3) is 0 Å². The van der Waals surface area contributed by atoms with Crippen LogP contribution in [0.1, 0.15) is 38.9 Å². The summed E-state index contributed by atoms with van der Waals surface area (Å²) in [6.07, 6.45) is -3.35. The molecule has 18 heavy (non-hydrogen) atoms. The lowest BCUT2D eigenvalue weighted by Gasteiger charge is -2.21. The van der Waals surface area contributed by atoms with Crippen molar-refractivity contribution >= 4 is 0 Å². The third-order valence-electron chi connectivity index (χ3n) is 2.79. The quantitative estimate of drug-likeness (QED) is 0.841. The molecule has 1 N–H and O–H groups in total. The molecule has 0 heterocycles. The van der Waals surface area contributed by atoms with Gasteiger partial charge >= 0.3 is 0 Å². The molecule has 0 saturated heterocycles. The molecule has 0 bridgehead atoms. The van der Waals surface area contributed by atoms with E-state index in [1.807, 2.05) is 13.8 Å². The molecule has 2 nitrogen and oxygen atoms in total. The fourth-order valence-electron chi connectivity index (χ4n) is 1.80. The SMILES string of the molecule is CCC(C(F)F)C(O)c1ccc(OC(C)C)cc1. The van der Waals surface area contributed by atoms with Crippen LogP contribution in [-0.2, 0) is 0 Å². The normalized spacial score (nSPS) is 14.9. The van der Waals surface area contributed by atoms with E-state index in [0.29, 0.717) is 11.3 Å². The van der Waals surface area contributed by atoms with Gasteiger partial charge in [-0.3, -0.25) is 0 Å². The molecule has 4 heteroatoms. The van der Waals surface area contributed by atoms with Crippen LogP contribution in [0.5, 0.6) is 5.75 Å². The van der Waals surface area contributed by atoms with Crippen molar-refractivity contribution in [3.8, 4) is 5.75 Å². The molecule has 102 valence electrons. The number of aliphatic hydroxyl groups is 1. The molecule has 0 amide bonds. The first-order valence-corrected chi connectivity index (χ1v) is 6.18. The molecular formula is C14H20F2O2. The van der Waals surface area contributed by atoms with Crippen molar-refractivity contribution in [1.82, 2.24) is 0 Å². The van der Waals surface area contributed by atoms with Crippen molar-refractivity contribution in [2.45, 2.75) is 45.8 Å². The summed E-state index contributed by atoms with van der Waals surface area (Å²) in [6.45, 7) is 5.47. The smallest absolute Gasteiger partial charge is 0.244 e. The molecule has 0 aliphatic heterocycles. The zero-order valence-electron chi connectivity index (χ0n) is 10.9. The van der Waals surface area contributed by atoms with Gasteiger partial charge in [-0.1, -0.05) is 19.1 Å². The summed E-state index contributed by atoms with van der Waals surface area (Å²) in [6, 6.07) is 6.65. The van der Waals surface area contributed by atoms with Crippen molar-refractivity contribution in [3.05, 3.63) is 29.8 Å². The summed E-state index contributed by atoms with van der Waals surface area (Å²) >= 11 is 0. The Morgan fingerprint density at radius 2 is 1.72 bits per heavy atom. The third kappa shape index (κ3) is 3.95. The van der Waals surface area contributed by atoms with Crippen LogP contribution >= 0.6 is 0 Å². The summed E-state index contributed by atoms with van der Waals surface area (Å²) in [5.41, 5.74) is 0.498. The predicted octanol–water partition coefficient (Wildman–Crippen LogP) is 3.80. The molecular weight excluding hydrogens is 238 g/mol. The van der Waals surface area contributed by atoms with Crippen molar-refractivity contribution < 1.29 is 18.6 Å². The highest BCUT2D eigenvalue weighted by Gasteiger charge is 2.27. The fourth-order valence-corrected chi connectivity index (χ4v) is 1.80. The molecule has 1 rings (SSSR count). The maximum atomic E-state index is 12.7. The minimum atomic E-state index is -2.52. The van der Waals surface area contributed by atoms with Crippen molar-refractivity contribution in [3.63, 3.8) is 0 Å². The average molecular weight is 258 g/mol. The van der Waals surface area contributed by atoms with Gasteiger partial charge in [0.05, 0.1) is 12.2 Å². The standard InChI is InChI=1S/C14H20F2O2/c1-4-12(14(15)16)13(17)10-5-7-11(8-6-10)18-9(2)3/h5-9,12-14,17H,4H2,1-3H3. The van der Waals surface area contributed by atoms with E-state index < -0.39 is 18.4 Å². The number of benzene rings is 1. The van der Waals surface area contributed by atoms with Crippen molar-refractivity contribution in [1.29, 1.82) is 0 Å². The molecule has 1 aromatic rings. The van der Waals surface area contributed by atoms with E-state index in [-0.39, 0.29) is 12.5 Å². The zero-order chi connectivity index (χ0) is 13.7. The summed E-state index contributed by atoms with van der Waals surface area (Å²) in [5.74, 6) is -0.354. The predicted molar refractivity (Wildman–Crippen MR) is 67.0 cm³/mol. The Hall–Kier alpha value is -1.16. The van der Waals surface area contributed by atoms with Crippen LogP contribution in [0, 0.1) is 5.92 Å². The molecule has 0 aromatic heterocycles.